The number of nitrogens with zero attached hydrogens (tertiary/aromatic N) is 1. The zero-order valence-corrected chi connectivity index (χ0v) is 12.2. The molecule has 2 aromatic carbocycles. The van der Waals surface area contributed by atoms with E-state index in [2.05, 4.69) is 26.2 Å². The molecule has 0 aliphatic carbocycles. The van der Waals surface area contributed by atoms with Crippen molar-refractivity contribution in [2.24, 2.45) is 0 Å². The Morgan fingerprint density at radius 2 is 1.79 bits per heavy atom. The van der Waals surface area contributed by atoms with Gasteiger partial charge in [-0.3, -0.25) is 4.98 Å². The molecule has 0 unspecified atom stereocenters. The van der Waals surface area contributed by atoms with Crippen LogP contribution >= 0.6 is 27.5 Å². The summed E-state index contributed by atoms with van der Waals surface area (Å²) in [5.74, 6) is 0. The molecular weight excluding hydrogens is 324 g/mol. The van der Waals surface area contributed by atoms with Crippen molar-refractivity contribution in [1.82, 2.24) is 4.98 Å². The number of benzene rings is 2. The van der Waals surface area contributed by atoms with Gasteiger partial charge >= 0.3 is 0 Å². The summed E-state index contributed by atoms with van der Waals surface area (Å²) in [4.78, 5) is 4.33. The topological polar surface area (TPSA) is 24.9 Å². The average Bonchev–Trinajstić information content (AvgIpc) is 2.45. The highest BCUT2D eigenvalue weighted by Gasteiger charge is 2.05. The second kappa shape index (κ2) is 5.19. The highest BCUT2D eigenvalue weighted by Crippen LogP contribution is 2.31. The van der Waals surface area contributed by atoms with Crippen LogP contribution in [0.1, 0.15) is 0 Å². The van der Waals surface area contributed by atoms with Gasteiger partial charge < -0.3 is 5.32 Å². The minimum absolute atomic E-state index is 0.682. The Morgan fingerprint density at radius 1 is 1.00 bits per heavy atom. The first kappa shape index (κ1) is 12.5. The highest BCUT2D eigenvalue weighted by atomic mass is 79.9. The van der Waals surface area contributed by atoms with Gasteiger partial charge in [0.15, 0.2) is 0 Å². The van der Waals surface area contributed by atoms with E-state index in [0.29, 0.717) is 5.02 Å². The second-order valence-corrected chi connectivity index (χ2v) is 5.38. The third kappa shape index (κ3) is 2.57. The molecule has 0 saturated carbocycles. The molecule has 0 atom stereocenters. The van der Waals surface area contributed by atoms with Crippen LogP contribution in [-0.2, 0) is 0 Å². The van der Waals surface area contributed by atoms with Gasteiger partial charge in [0.05, 0.1) is 15.0 Å². The molecular formula is C15H10BrClN2. The van der Waals surface area contributed by atoms with Crippen LogP contribution in [0.4, 0.5) is 11.4 Å². The third-order valence-electron chi connectivity index (χ3n) is 2.82. The fourth-order valence-electron chi connectivity index (χ4n) is 1.90. The van der Waals surface area contributed by atoms with Crippen molar-refractivity contribution >= 4 is 49.8 Å². The standard InChI is InChI=1S/C15H10BrClN2/c16-13-9-18-14-7-6-11(8-12(14)15(13)17)19-10-4-2-1-3-5-10/h1-9,19H. The summed E-state index contributed by atoms with van der Waals surface area (Å²) < 4.78 is 0.804. The van der Waals surface area contributed by atoms with E-state index in [0.717, 1.165) is 26.8 Å². The molecule has 1 aromatic heterocycles. The summed E-state index contributed by atoms with van der Waals surface area (Å²) in [6.45, 7) is 0. The Hall–Kier alpha value is -1.58. The molecule has 94 valence electrons. The minimum atomic E-state index is 0.682. The van der Waals surface area contributed by atoms with E-state index in [4.69, 9.17) is 11.6 Å². The van der Waals surface area contributed by atoms with Gasteiger partial charge in [-0.2, -0.15) is 0 Å². The summed E-state index contributed by atoms with van der Waals surface area (Å²) in [6.07, 6.45) is 1.72. The summed E-state index contributed by atoms with van der Waals surface area (Å²) in [7, 11) is 0. The first-order valence-electron chi connectivity index (χ1n) is 5.80. The first-order chi connectivity index (χ1) is 9.24. The molecule has 0 spiro atoms. The number of hydrogen-bond donors (Lipinski definition) is 1. The second-order valence-electron chi connectivity index (χ2n) is 4.14. The van der Waals surface area contributed by atoms with Crippen LogP contribution in [-0.4, -0.2) is 4.98 Å². The maximum atomic E-state index is 6.29. The summed E-state index contributed by atoms with van der Waals surface area (Å²) in [5.41, 5.74) is 2.91. The monoisotopic (exact) mass is 332 g/mol. The molecule has 0 fully saturated rings. The van der Waals surface area contributed by atoms with Crippen molar-refractivity contribution in [3.8, 4) is 0 Å². The van der Waals surface area contributed by atoms with Gasteiger partial charge in [-0.05, 0) is 46.3 Å². The predicted octanol–water partition coefficient (Wildman–Crippen LogP) is 5.39. The Morgan fingerprint density at radius 3 is 2.58 bits per heavy atom. The lowest BCUT2D eigenvalue weighted by molar-refractivity contribution is 1.39. The molecule has 0 aliphatic rings. The van der Waals surface area contributed by atoms with Gasteiger partial charge in [-0.25, -0.2) is 0 Å². The van der Waals surface area contributed by atoms with Crippen LogP contribution in [0.3, 0.4) is 0 Å². The van der Waals surface area contributed by atoms with Gasteiger partial charge in [-0.15, -0.1) is 0 Å². The minimum Gasteiger partial charge on any atom is -0.356 e. The zero-order valence-electron chi connectivity index (χ0n) is 9.90. The van der Waals surface area contributed by atoms with Crippen LogP contribution in [0.2, 0.25) is 5.02 Å². The molecule has 0 radical (unpaired) electrons. The summed E-state index contributed by atoms with van der Waals surface area (Å²) in [6, 6.07) is 16.0. The smallest absolute Gasteiger partial charge is 0.0719 e. The van der Waals surface area contributed by atoms with Crippen LogP contribution in [0, 0.1) is 0 Å². The van der Waals surface area contributed by atoms with Crippen molar-refractivity contribution < 1.29 is 0 Å². The molecule has 3 aromatic rings. The van der Waals surface area contributed by atoms with Crippen LogP contribution < -0.4 is 5.32 Å². The number of hydrogen-bond acceptors (Lipinski definition) is 2. The van der Waals surface area contributed by atoms with Gasteiger partial charge in [0.25, 0.3) is 0 Å². The zero-order chi connectivity index (χ0) is 13.2. The van der Waals surface area contributed by atoms with Gasteiger partial charge in [0.2, 0.25) is 0 Å². The lowest BCUT2D eigenvalue weighted by Gasteiger charge is -2.08. The Bertz CT molecular complexity index is 729. The van der Waals surface area contributed by atoms with E-state index < -0.39 is 0 Å². The SMILES string of the molecule is Clc1c(Br)cnc2ccc(Nc3ccccc3)cc12. The van der Waals surface area contributed by atoms with E-state index in [9.17, 15) is 0 Å². The Kier molecular flexibility index (Phi) is 3.40. The van der Waals surface area contributed by atoms with Crippen molar-refractivity contribution in [2.75, 3.05) is 5.32 Å². The number of anilines is 2. The van der Waals surface area contributed by atoms with Crippen molar-refractivity contribution in [2.45, 2.75) is 0 Å². The maximum absolute atomic E-state index is 6.29. The van der Waals surface area contributed by atoms with E-state index in [-0.39, 0.29) is 0 Å². The first-order valence-corrected chi connectivity index (χ1v) is 6.97. The quantitative estimate of drug-likeness (QED) is 0.679. The predicted molar refractivity (Wildman–Crippen MR) is 84.2 cm³/mol. The maximum Gasteiger partial charge on any atom is 0.0719 e. The van der Waals surface area contributed by atoms with Crippen LogP contribution in [0.15, 0.2) is 59.2 Å². The lowest BCUT2D eigenvalue weighted by Crippen LogP contribution is -1.90. The number of halogens is 2. The van der Waals surface area contributed by atoms with Gasteiger partial charge in [0.1, 0.15) is 0 Å². The van der Waals surface area contributed by atoms with E-state index in [1.807, 2.05) is 48.5 Å². The number of pyridine rings is 1. The Balaban J connectivity index is 2.04. The molecule has 1 N–H and O–H groups in total. The molecule has 0 saturated heterocycles. The van der Waals surface area contributed by atoms with Crippen LogP contribution in [0.25, 0.3) is 10.9 Å². The number of nitrogens with one attached hydrogen (secondary N) is 1. The van der Waals surface area contributed by atoms with Crippen molar-refractivity contribution in [3.05, 3.63) is 64.2 Å². The number of para-hydroxylation sites is 1. The lowest BCUT2D eigenvalue weighted by atomic mass is 10.2. The molecule has 0 aliphatic heterocycles. The number of rotatable bonds is 2. The summed E-state index contributed by atoms with van der Waals surface area (Å²) >= 11 is 9.68. The molecule has 0 amide bonds. The molecule has 2 nitrogen and oxygen atoms in total. The van der Waals surface area contributed by atoms with Gasteiger partial charge in [0, 0.05) is 23.0 Å². The number of aromatic nitrogens is 1. The normalized spacial score (nSPS) is 10.6. The third-order valence-corrected chi connectivity index (χ3v) is 4.06. The molecule has 3 rings (SSSR count). The van der Waals surface area contributed by atoms with Crippen molar-refractivity contribution in [1.29, 1.82) is 0 Å². The fourth-order valence-corrected chi connectivity index (χ4v) is 2.42. The largest absolute Gasteiger partial charge is 0.356 e. The van der Waals surface area contributed by atoms with Crippen LogP contribution in [0.5, 0.6) is 0 Å². The van der Waals surface area contributed by atoms with E-state index in [1.54, 1.807) is 6.20 Å². The fraction of sp³-hybridized carbons (Fsp3) is 0. The summed E-state index contributed by atoms with van der Waals surface area (Å²) in [5, 5.41) is 4.95. The van der Waals surface area contributed by atoms with E-state index >= 15 is 0 Å². The molecule has 4 heteroatoms. The molecule has 1 heterocycles. The van der Waals surface area contributed by atoms with Crippen molar-refractivity contribution in [3.63, 3.8) is 0 Å². The van der Waals surface area contributed by atoms with E-state index in [1.165, 1.54) is 0 Å². The number of fused-ring (bicyclic) bond motifs is 1. The average molecular weight is 334 g/mol. The Labute approximate surface area is 124 Å². The van der Waals surface area contributed by atoms with Gasteiger partial charge in [-0.1, -0.05) is 29.8 Å². The molecule has 0 bridgehead atoms. The highest BCUT2D eigenvalue weighted by molar-refractivity contribution is 9.10. The molecule has 19 heavy (non-hydrogen) atoms.